The van der Waals surface area contributed by atoms with Crippen molar-refractivity contribution in [2.24, 2.45) is 0 Å². The van der Waals surface area contributed by atoms with Gasteiger partial charge in [0.2, 0.25) is 5.91 Å². The standard InChI is InChI=1S/C12H19N3O3/c1-5-10(16)13-9-7-15(6-2)14-11(9)12(17)18-8(3)4/h7-8H,5-6H2,1-4H3,(H,13,16). The van der Waals surface area contributed by atoms with E-state index in [2.05, 4.69) is 10.4 Å². The summed E-state index contributed by atoms with van der Waals surface area (Å²) in [7, 11) is 0. The summed E-state index contributed by atoms with van der Waals surface area (Å²) in [4.78, 5) is 23.2. The summed E-state index contributed by atoms with van der Waals surface area (Å²) in [5.74, 6) is -0.687. The molecule has 18 heavy (non-hydrogen) atoms. The molecule has 1 amide bonds. The number of hydrogen-bond acceptors (Lipinski definition) is 4. The fourth-order valence-electron chi connectivity index (χ4n) is 1.33. The van der Waals surface area contributed by atoms with Gasteiger partial charge in [-0.05, 0) is 20.8 Å². The van der Waals surface area contributed by atoms with Crippen LogP contribution in [0.3, 0.4) is 0 Å². The second-order valence-electron chi connectivity index (χ2n) is 4.10. The molecule has 100 valence electrons. The van der Waals surface area contributed by atoms with Gasteiger partial charge in [-0.25, -0.2) is 4.79 Å². The fraction of sp³-hybridized carbons (Fsp3) is 0.583. The molecule has 1 rings (SSSR count). The average molecular weight is 253 g/mol. The van der Waals surface area contributed by atoms with Crippen molar-refractivity contribution in [2.75, 3.05) is 5.32 Å². The van der Waals surface area contributed by atoms with Crippen LogP contribution in [0.5, 0.6) is 0 Å². The maximum Gasteiger partial charge on any atom is 0.361 e. The van der Waals surface area contributed by atoms with Gasteiger partial charge >= 0.3 is 5.97 Å². The molecule has 0 spiro atoms. The molecule has 0 aliphatic rings. The summed E-state index contributed by atoms with van der Waals surface area (Å²) in [6.45, 7) is 7.78. The Morgan fingerprint density at radius 2 is 2.11 bits per heavy atom. The average Bonchev–Trinajstić information content (AvgIpc) is 2.71. The zero-order valence-electron chi connectivity index (χ0n) is 11.2. The number of rotatable bonds is 5. The highest BCUT2D eigenvalue weighted by Crippen LogP contribution is 2.16. The molecule has 0 aliphatic heterocycles. The van der Waals surface area contributed by atoms with Crippen molar-refractivity contribution in [3.05, 3.63) is 11.9 Å². The van der Waals surface area contributed by atoms with Crippen molar-refractivity contribution >= 4 is 17.6 Å². The van der Waals surface area contributed by atoms with Gasteiger partial charge in [-0.2, -0.15) is 5.10 Å². The molecule has 1 aromatic rings. The van der Waals surface area contributed by atoms with Gasteiger partial charge in [-0.3, -0.25) is 9.48 Å². The van der Waals surface area contributed by atoms with Crippen molar-refractivity contribution in [3.63, 3.8) is 0 Å². The Morgan fingerprint density at radius 1 is 1.44 bits per heavy atom. The molecule has 0 radical (unpaired) electrons. The largest absolute Gasteiger partial charge is 0.458 e. The van der Waals surface area contributed by atoms with Crippen LogP contribution in [0, 0.1) is 0 Å². The molecule has 0 fully saturated rings. The normalized spacial score (nSPS) is 10.5. The number of esters is 1. The van der Waals surface area contributed by atoms with Crippen LogP contribution in [0.4, 0.5) is 5.69 Å². The quantitative estimate of drug-likeness (QED) is 0.812. The molecule has 6 nitrogen and oxygen atoms in total. The van der Waals surface area contributed by atoms with Gasteiger partial charge in [-0.1, -0.05) is 6.92 Å². The first-order valence-electron chi connectivity index (χ1n) is 6.06. The van der Waals surface area contributed by atoms with E-state index < -0.39 is 5.97 Å². The molecule has 0 aliphatic carbocycles. The van der Waals surface area contributed by atoms with Gasteiger partial charge in [0.15, 0.2) is 5.69 Å². The molecule has 1 heterocycles. The lowest BCUT2D eigenvalue weighted by Gasteiger charge is -2.07. The first-order valence-corrected chi connectivity index (χ1v) is 6.06. The number of nitrogens with one attached hydrogen (secondary N) is 1. The molecule has 0 saturated heterocycles. The number of carbonyl (C=O) groups excluding carboxylic acids is 2. The van der Waals surface area contributed by atoms with Crippen LogP contribution in [-0.2, 0) is 16.1 Å². The Balaban J connectivity index is 2.97. The lowest BCUT2D eigenvalue weighted by molar-refractivity contribution is -0.115. The Hall–Kier alpha value is -1.85. The molecule has 0 atom stereocenters. The van der Waals surface area contributed by atoms with Crippen molar-refractivity contribution in [3.8, 4) is 0 Å². The number of aromatic nitrogens is 2. The molecule has 0 bridgehead atoms. The number of nitrogens with zero attached hydrogens (tertiary/aromatic N) is 2. The topological polar surface area (TPSA) is 73.2 Å². The second kappa shape index (κ2) is 6.18. The fourth-order valence-corrected chi connectivity index (χ4v) is 1.33. The number of hydrogen-bond donors (Lipinski definition) is 1. The van der Waals surface area contributed by atoms with Crippen LogP contribution in [-0.4, -0.2) is 27.8 Å². The van der Waals surface area contributed by atoms with E-state index in [0.29, 0.717) is 18.7 Å². The Kier molecular flexibility index (Phi) is 4.88. The maximum atomic E-state index is 11.8. The number of ether oxygens (including phenoxy) is 1. The monoisotopic (exact) mass is 253 g/mol. The lowest BCUT2D eigenvalue weighted by Crippen LogP contribution is -2.16. The summed E-state index contributed by atoms with van der Waals surface area (Å²) in [5, 5.41) is 6.74. The summed E-state index contributed by atoms with van der Waals surface area (Å²) in [5.41, 5.74) is 0.543. The van der Waals surface area contributed by atoms with Crippen molar-refractivity contribution in [1.82, 2.24) is 9.78 Å². The molecule has 0 aromatic carbocycles. The first-order chi connectivity index (χ1) is 8.47. The third kappa shape index (κ3) is 3.58. The Bertz CT molecular complexity index is 438. The van der Waals surface area contributed by atoms with Crippen molar-refractivity contribution < 1.29 is 14.3 Å². The highest BCUT2D eigenvalue weighted by Gasteiger charge is 2.20. The number of carbonyl (C=O) groups is 2. The minimum atomic E-state index is -0.524. The summed E-state index contributed by atoms with van der Waals surface area (Å²) in [6, 6.07) is 0. The lowest BCUT2D eigenvalue weighted by atomic mass is 10.3. The smallest absolute Gasteiger partial charge is 0.361 e. The van der Waals surface area contributed by atoms with Gasteiger partial charge in [0, 0.05) is 19.2 Å². The van der Waals surface area contributed by atoms with E-state index in [1.54, 1.807) is 31.6 Å². The van der Waals surface area contributed by atoms with Crippen LogP contribution in [0.15, 0.2) is 6.20 Å². The van der Waals surface area contributed by atoms with E-state index in [-0.39, 0.29) is 17.7 Å². The second-order valence-corrected chi connectivity index (χ2v) is 4.10. The van der Waals surface area contributed by atoms with Crippen LogP contribution in [0.1, 0.15) is 44.6 Å². The van der Waals surface area contributed by atoms with Crippen molar-refractivity contribution in [2.45, 2.75) is 46.8 Å². The molecule has 0 unspecified atom stereocenters. The molecular formula is C12H19N3O3. The van der Waals surface area contributed by atoms with E-state index in [0.717, 1.165) is 0 Å². The zero-order chi connectivity index (χ0) is 13.7. The van der Waals surface area contributed by atoms with E-state index in [1.165, 1.54) is 0 Å². The third-order valence-electron chi connectivity index (χ3n) is 2.22. The molecular weight excluding hydrogens is 234 g/mol. The highest BCUT2D eigenvalue weighted by atomic mass is 16.5. The molecule has 0 saturated carbocycles. The molecule has 1 N–H and O–H groups in total. The van der Waals surface area contributed by atoms with Crippen LogP contribution in [0.2, 0.25) is 0 Å². The van der Waals surface area contributed by atoms with Crippen LogP contribution >= 0.6 is 0 Å². The predicted molar refractivity (Wildman–Crippen MR) is 67.4 cm³/mol. The Morgan fingerprint density at radius 3 is 2.61 bits per heavy atom. The van der Waals surface area contributed by atoms with Gasteiger partial charge in [-0.15, -0.1) is 0 Å². The molecule has 1 aromatic heterocycles. The predicted octanol–water partition coefficient (Wildman–Crippen LogP) is 1.82. The van der Waals surface area contributed by atoms with E-state index >= 15 is 0 Å². The van der Waals surface area contributed by atoms with Crippen LogP contribution < -0.4 is 5.32 Å². The summed E-state index contributed by atoms with van der Waals surface area (Å²) in [6.07, 6.45) is 1.75. The highest BCUT2D eigenvalue weighted by molar-refractivity contribution is 5.99. The minimum absolute atomic E-state index is 0.146. The first kappa shape index (κ1) is 14.2. The van der Waals surface area contributed by atoms with E-state index in [1.807, 2.05) is 6.92 Å². The van der Waals surface area contributed by atoms with Gasteiger partial charge in [0.25, 0.3) is 0 Å². The summed E-state index contributed by atoms with van der Waals surface area (Å²) < 4.78 is 6.67. The van der Waals surface area contributed by atoms with Gasteiger partial charge < -0.3 is 10.1 Å². The summed E-state index contributed by atoms with van der Waals surface area (Å²) >= 11 is 0. The number of anilines is 1. The van der Waals surface area contributed by atoms with E-state index in [9.17, 15) is 9.59 Å². The van der Waals surface area contributed by atoms with Crippen LogP contribution in [0.25, 0.3) is 0 Å². The van der Waals surface area contributed by atoms with E-state index in [4.69, 9.17) is 4.74 Å². The SMILES string of the molecule is CCC(=O)Nc1cn(CC)nc1C(=O)OC(C)C. The zero-order valence-corrected chi connectivity index (χ0v) is 11.2. The van der Waals surface area contributed by atoms with Gasteiger partial charge in [0.05, 0.1) is 11.8 Å². The maximum absolute atomic E-state index is 11.8. The minimum Gasteiger partial charge on any atom is -0.458 e. The number of amides is 1. The van der Waals surface area contributed by atoms with Gasteiger partial charge in [0.1, 0.15) is 0 Å². The van der Waals surface area contributed by atoms with Crippen molar-refractivity contribution in [1.29, 1.82) is 0 Å². The Labute approximate surface area is 106 Å². The third-order valence-corrected chi connectivity index (χ3v) is 2.22. The molecule has 6 heteroatoms. The number of aryl methyl sites for hydroxylation is 1.